The van der Waals surface area contributed by atoms with Gasteiger partial charge in [0.2, 0.25) is 17.8 Å². The van der Waals surface area contributed by atoms with Gasteiger partial charge in [0, 0.05) is 68.7 Å². The molecular weight excluding hydrogens is 586 g/mol. The summed E-state index contributed by atoms with van der Waals surface area (Å²) in [6.45, 7) is 8.69. The van der Waals surface area contributed by atoms with Crippen molar-refractivity contribution in [3.05, 3.63) is 108 Å². The van der Waals surface area contributed by atoms with Crippen LogP contribution in [0.5, 0.6) is 0 Å². The van der Waals surface area contributed by atoms with Gasteiger partial charge in [-0.25, -0.2) is 15.0 Å². The molecule has 0 aliphatic carbocycles. The Labute approximate surface area is 275 Å². The lowest BCUT2D eigenvalue weighted by Gasteiger charge is -2.34. The number of piperidine rings is 1. The summed E-state index contributed by atoms with van der Waals surface area (Å²) >= 11 is 0. The number of fused-ring (bicyclic) bond motifs is 1. The van der Waals surface area contributed by atoms with E-state index in [9.17, 15) is 4.79 Å². The molecule has 47 heavy (non-hydrogen) atoms. The topological polar surface area (TPSA) is 102 Å². The van der Waals surface area contributed by atoms with Gasteiger partial charge in [0.1, 0.15) is 5.82 Å². The average Bonchev–Trinajstić information content (AvgIpc) is 3.12. The maximum Gasteiger partial charge on any atom is 0.228 e. The van der Waals surface area contributed by atoms with Crippen molar-refractivity contribution in [2.45, 2.75) is 32.9 Å². The van der Waals surface area contributed by atoms with Gasteiger partial charge >= 0.3 is 0 Å². The van der Waals surface area contributed by atoms with E-state index in [-0.39, 0.29) is 11.8 Å². The summed E-state index contributed by atoms with van der Waals surface area (Å²) in [6, 6.07) is 26.8. The van der Waals surface area contributed by atoms with Gasteiger partial charge in [0.15, 0.2) is 0 Å². The quantitative estimate of drug-likeness (QED) is 0.219. The first kappa shape index (κ1) is 30.6. The van der Waals surface area contributed by atoms with E-state index in [1.807, 2.05) is 24.3 Å². The molecule has 2 saturated heterocycles. The highest BCUT2D eigenvalue weighted by Crippen LogP contribution is 2.27. The van der Waals surface area contributed by atoms with Crippen LogP contribution in [0.3, 0.4) is 0 Å². The second kappa shape index (κ2) is 14.1. The van der Waals surface area contributed by atoms with Crippen LogP contribution in [0.15, 0.2) is 91.3 Å². The molecule has 2 aromatic heterocycles. The predicted molar refractivity (Wildman–Crippen MR) is 188 cm³/mol. The number of aryl methyl sites for hydroxylation is 1. The van der Waals surface area contributed by atoms with Crippen molar-refractivity contribution < 1.29 is 4.79 Å². The number of nitrogens with zero attached hydrogens (tertiary/aromatic N) is 7. The van der Waals surface area contributed by atoms with Gasteiger partial charge in [-0.3, -0.25) is 9.69 Å². The van der Waals surface area contributed by atoms with Crippen molar-refractivity contribution in [3.8, 4) is 0 Å². The van der Waals surface area contributed by atoms with Crippen LogP contribution in [0.25, 0.3) is 10.9 Å². The van der Waals surface area contributed by atoms with Crippen LogP contribution in [0.4, 0.5) is 23.4 Å². The van der Waals surface area contributed by atoms with E-state index >= 15 is 0 Å². The second-order valence-corrected chi connectivity index (χ2v) is 12.5. The summed E-state index contributed by atoms with van der Waals surface area (Å²) in [6.07, 6.45) is 5.32. The molecule has 0 bridgehead atoms. The second-order valence-electron chi connectivity index (χ2n) is 12.5. The van der Waals surface area contributed by atoms with E-state index in [1.54, 1.807) is 12.4 Å². The predicted octanol–water partition coefficient (Wildman–Crippen LogP) is 5.52. The zero-order chi connectivity index (χ0) is 32.0. The van der Waals surface area contributed by atoms with Gasteiger partial charge in [-0.15, -0.1) is 0 Å². The Balaban J connectivity index is 0.955. The van der Waals surface area contributed by atoms with E-state index in [0.717, 1.165) is 104 Å². The molecule has 4 heterocycles. The van der Waals surface area contributed by atoms with E-state index in [0.29, 0.717) is 6.54 Å². The maximum absolute atomic E-state index is 13.1. The van der Waals surface area contributed by atoms with Crippen molar-refractivity contribution in [1.29, 1.82) is 0 Å². The standard InChI is InChI=1S/C37H41N9O/c1-27-8-13-33-32(24-27)34(43-37(42-33)46-22-20-45(21-23-46)36-38-16-5-17-39-36)40-25-28-9-11-31(12-10-28)41-35(47)30-14-18-44(19-15-30)26-29-6-3-2-4-7-29/h2-13,16-17,24,30H,14-15,18-23,25-26H2,1H3,(H,41,47)(H,40,42,43). The first-order valence-corrected chi connectivity index (χ1v) is 16.5. The molecule has 240 valence electrons. The lowest BCUT2D eigenvalue weighted by atomic mass is 9.95. The number of anilines is 4. The number of amides is 1. The summed E-state index contributed by atoms with van der Waals surface area (Å²) in [7, 11) is 0. The fraction of sp³-hybridized carbons (Fsp3) is 0.324. The zero-order valence-corrected chi connectivity index (χ0v) is 26.8. The van der Waals surface area contributed by atoms with Gasteiger partial charge in [-0.1, -0.05) is 54.1 Å². The number of nitrogens with one attached hydrogen (secondary N) is 2. The Kier molecular flexibility index (Phi) is 9.19. The largest absolute Gasteiger partial charge is 0.365 e. The number of aromatic nitrogens is 4. The summed E-state index contributed by atoms with van der Waals surface area (Å²) in [5.74, 6) is 2.46. The van der Waals surface area contributed by atoms with Gasteiger partial charge in [0.05, 0.1) is 5.52 Å². The molecule has 0 atom stereocenters. The molecule has 10 heteroatoms. The Bertz CT molecular complexity index is 1780. The van der Waals surface area contributed by atoms with E-state index < -0.39 is 0 Å². The van der Waals surface area contributed by atoms with Crippen LogP contribution in [-0.2, 0) is 17.9 Å². The molecule has 0 saturated carbocycles. The van der Waals surface area contributed by atoms with Crippen molar-refractivity contribution in [3.63, 3.8) is 0 Å². The van der Waals surface area contributed by atoms with E-state index in [2.05, 4.69) is 96.8 Å². The minimum Gasteiger partial charge on any atom is -0.365 e. The summed E-state index contributed by atoms with van der Waals surface area (Å²) in [5.41, 5.74) is 5.34. The normalized spacial score (nSPS) is 15.9. The highest BCUT2D eigenvalue weighted by molar-refractivity contribution is 5.93. The first-order chi connectivity index (χ1) is 23.1. The first-order valence-electron chi connectivity index (χ1n) is 16.5. The summed E-state index contributed by atoms with van der Waals surface area (Å²) in [4.78, 5) is 38.7. The third-order valence-electron chi connectivity index (χ3n) is 9.13. The smallest absolute Gasteiger partial charge is 0.228 e. The number of rotatable bonds is 9. The number of carbonyl (C=O) groups is 1. The summed E-state index contributed by atoms with van der Waals surface area (Å²) < 4.78 is 0. The van der Waals surface area contributed by atoms with Crippen molar-refractivity contribution in [1.82, 2.24) is 24.8 Å². The Morgan fingerprint density at radius 2 is 1.47 bits per heavy atom. The van der Waals surface area contributed by atoms with Gasteiger partial charge in [-0.05, 0) is 74.3 Å². The lowest BCUT2D eigenvalue weighted by molar-refractivity contribution is -0.121. The van der Waals surface area contributed by atoms with Crippen LogP contribution in [0, 0.1) is 12.8 Å². The van der Waals surface area contributed by atoms with Crippen LogP contribution in [0.1, 0.15) is 29.5 Å². The maximum atomic E-state index is 13.1. The molecule has 2 aliphatic rings. The highest BCUT2D eigenvalue weighted by Gasteiger charge is 2.25. The molecule has 0 unspecified atom stereocenters. The lowest BCUT2D eigenvalue weighted by Crippen LogP contribution is -2.47. The molecule has 3 aromatic carbocycles. The number of likely N-dealkylation sites (tertiary alicyclic amines) is 1. The zero-order valence-electron chi connectivity index (χ0n) is 26.8. The van der Waals surface area contributed by atoms with Gasteiger partial charge in [-0.2, -0.15) is 4.98 Å². The van der Waals surface area contributed by atoms with Crippen LogP contribution < -0.4 is 20.4 Å². The average molecular weight is 628 g/mol. The summed E-state index contributed by atoms with van der Waals surface area (Å²) in [5, 5.41) is 7.73. The number of benzene rings is 3. The van der Waals surface area contributed by atoms with Crippen molar-refractivity contribution in [2.75, 3.05) is 59.7 Å². The third kappa shape index (κ3) is 7.49. The van der Waals surface area contributed by atoms with Gasteiger partial charge < -0.3 is 20.4 Å². The molecule has 1 amide bonds. The van der Waals surface area contributed by atoms with Crippen molar-refractivity contribution >= 4 is 40.2 Å². The van der Waals surface area contributed by atoms with Crippen LogP contribution >= 0.6 is 0 Å². The Morgan fingerprint density at radius 3 is 2.19 bits per heavy atom. The minimum absolute atomic E-state index is 0.0433. The van der Waals surface area contributed by atoms with Crippen molar-refractivity contribution in [2.24, 2.45) is 5.92 Å². The molecule has 2 fully saturated rings. The number of piperazine rings is 1. The van der Waals surface area contributed by atoms with E-state index in [1.165, 1.54) is 5.56 Å². The number of hydrogen-bond donors (Lipinski definition) is 2. The Morgan fingerprint density at radius 1 is 0.766 bits per heavy atom. The SMILES string of the molecule is Cc1ccc2nc(N3CCN(c4ncccn4)CC3)nc(NCc3ccc(NC(=O)C4CCN(Cc5ccccc5)CC4)cc3)c2c1. The fourth-order valence-corrected chi connectivity index (χ4v) is 6.40. The van der Waals surface area contributed by atoms with E-state index in [4.69, 9.17) is 9.97 Å². The highest BCUT2D eigenvalue weighted by atomic mass is 16.1. The van der Waals surface area contributed by atoms with Crippen LogP contribution in [-0.4, -0.2) is 70.0 Å². The number of hydrogen-bond acceptors (Lipinski definition) is 9. The minimum atomic E-state index is 0.0433. The monoisotopic (exact) mass is 627 g/mol. The molecule has 0 radical (unpaired) electrons. The fourth-order valence-electron chi connectivity index (χ4n) is 6.40. The van der Waals surface area contributed by atoms with Crippen LogP contribution in [0.2, 0.25) is 0 Å². The number of carbonyl (C=O) groups excluding carboxylic acids is 1. The molecule has 7 rings (SSSR count). The molecule has 2 aliphatic heterocycles. The molecule has 2 N–H and O–H groups in total. The molecule has 5 aromatic rings. The van der Waals surface area contributed by atoms with Gasteiger partial charge in [0.25, 0.3) is 0 Å². The third-order valence-corrected chi connectivity index (χ3v) is 9.13. The molecule has 10 nitrogen and oxygen atoms in total. The molecule has 0 spiro atoms. The Hall–Kier alpha value is -5.09. The molecular formula is C37H41N9O.